The van der Waals surface area contributed by atoms with Crippen molar-refractivity contribution in [3.8, 4) is 0 Å². The minimum absolute atomic E-state index is 0.0938. The standard InChI is InChI=1S/C29H49NO3/c1-19(2)21(13-17-33-32)7-6-20(3)24-8-9-25-28(24,5)15-12-26-27(4)14-11-23(31)18-22(27)10-16-29(25,26)30/h10,13,19-20,23-26,31-32H,6-9,11-12,14-18,30H2,1-5H3/b21-13+/t20-,23?,24?,25?,26?,27?,28?,29?/m1/s1. The number of nitrogens with two attached hydrogens (primary N) is 1. The van der Waals surface area contributed by atoms with Gasteiger partial charge in [0.05, 0.1) is 6.10 Å². The van der Waals surface area contributed by atoms with Crippen molar-refractivity contribution in [1.29, 1.82) is 0 Å². The molecule has 0 saturated heterocycles. The lowest BCUT2D eigenvalue weighted by Crippen LogP contribution is -2.66. The molecule has 0 aromatic carbocycles. The maximum atomic E-state index is 10.3. The maximum absolute atomic E-state index is 10.3. The highest BCUT2D eigenvalue weighted by molar-refractivity contribution is 5.30. The normalized spacial score (nSPS) is 44.2. The molecule has 7 unspecified atom stereocenters. The van der Waals surface area contributed by atoms with Gasteiger partial charge in [0.1, 0.15) is 6.61 Å². The molecule has 4 heteroatoms. The zero-order valence-electron chi connectivity index (χ0n) is 21.8. The highest BCUT2D eigenvalue weighted by atomic mass is 17.1. The van der Waals surface area contributed by atoms with Gasteiger partial charge in [-0.3, -0.25) is 5.26 Å². The first kappa shape index (κ1) is 25.4. The summed E-state index contributed by atoms with van der Waals surface area (Å²) in [6.45, 7) is 12.3. The van der Waals surface area contributed by atoms with Crippen molar-refractivity contribution < 1.29 is 15.3 Å². The molecule has 4 aliphatic carbocycles. The van der Waals surface area contributed by atoms with E-state index in [1.807, 2.05) is 0 Å². The van der Waals surface area contributed by atoms with Crippen LogP contribution in [0.4, 0.5) is 0 Å². The number of hydrogen-bond acceptors (Lipinski definition) is 4. The van der Waals surface area contributed by atoms with Crippen LogP contribution in [-0.4, -0.2) is 28.6 Å². The molecule has 0 bridgehead atoms. The van der Waals surface area contributed by atoms with Gasteiger partial charge in [0.25, 0.3) is 0 Å². The van der Waals surface area contributed by atoms with Gasteiger partial charge in [-0.05, 0) is 105 Å². The summed E-state index contributed by atoms with van der Waals surface area (Å²) in [5, 5.41) is 19.0. The first-order valence-electron chi connectivity index (χ1n) is 13.7. The number of aliphatic hydroxyl groups is 1. The fourth-order valence-corrected chi connectivity index (χ4v) is 9.20. The van der Waals surface area contributed by atoms with Gasteiger partial charge < -0.3 is 10.8 Å². The Morgan fingerprint density at radius 3 is 2.61 bits per heavy atom. The van der Waals surface area contributed by atoms with Crippen LogP contribution >= 0.6 is 0 Å². The summed E-state index contributed by atoms with van der Waals surface area (Å²) < 4.78 is 0. The Morgan fingerprint density at radius 2 is 1.91 bits per heavy atom. The van der Waals surface area contributed by atoms with Crippen LogP contribution in [0.3, 0.4) is 0 Å². The van der Waals surface area contributed by atoms with Gasteiger partial charge in [-0.2, -0.15) is 0 Å². The van der Waals surface area contributed by atoms with E-state index in [-0.39, 0.29) is 23.7 Å². The lowest BCUT2D eigenvalue weighted by Gasteiger charge is -2.63. The van der Waals surface area contributed by atoms with Crippen molar-refractivity contribution in [2.45, 2.75) is 110 Å². The SMILES string of the molecule is CC(C)/C(=C/COO)CC[C@@H](C)C1CCC2C1(C)CCC1C3(C)CCC(O)CC3=CCC12N. The van der Waals surface area contributed by atoms with Crippen LogP contribution < -0.4 is 5.73 Å². The second kappa shape index (κ2) is 9.41. The molecule has 0 radical (unpaired) electrons. The molecular weight excluding hydrogens is 410 g/mol. The molecule has 0 aromatic rings. The molecule has 4 N–H and O–H groups in total. The van der Waals surface area contributed by atoms with Crippen molar-refractivity contribution >= 4 is 0 Å². The summed E-state index contributed by atoms with van der Waals surface area (Å²) >= 11 is 0. The van der Waals surface area contributed by atoms with Gasteiger partial charge in [-0.25, -0.2) is 4.89 Å². The van der Waals surface area contributed by atoms with Crippen molar-refractivity contribution in [2.75, 3.05) is 6.61 Å². The topological polar surface area (TPSA) is 75.7 Å². The predicted octanol–water partition coefficient (Wildman–Crippen LogP) is 6.50. The zero-order valence-corrected chi connectivity index (χ0v) is 21.8. The molecule has 3 fully saturated rings. The van der Waals surface area contributed by atoms with E-state index in [0.717, 1.165) is 38.0 Å². The largest absolute Gasteiger partial charge is 0.393 e. The summed E-state index contributed by atoms with van der Waals surface area (Å²) in [5.74, 6) is 3.05. The summed E-state index contributed by atoms with van der Waals surface area (Å²) in [4.78, 5) is 4.32. The third-order valence-electron chi connectivity index (χ3n) is 11.1. The fraction of sp³-hybridized carbons (Fsp3) is 0.862. The van der Waals surface area contributed by atoms with Crippen LogP contribution in [0.1, 0.15) is 98.8 Å². The number of allylic oxidation sites excluding steroid dienone is 1. The Bertz CT molecular complexity index is 775. The summed E-state index contributed by atoms with van der Waals surface area (Å²) in [6, 6.07) is 0. The fourth-order valence-electron chi connectivity index (χ4n) is 9.20. The predicted molar refractivity (Wildman–Crippen MR) is 135 cm³/mol. The Labute approximate surface area is 202 Å². The molecule has 0 aliphatic heterocycles. The van der Waals surface area contributed by atoms with E-state index >= 15 is 0 Å². The molecule has 4 aliphatic rings. The van der Waals surface area contributed by atoms with Crippen molar-refractivity contribution in [3.63, 3.8) is 0 Å². The number of rotatable bonds is 7. The number of aliphatic hydroxyl groups excluding tert-OH is 1. The van der Waals surface area contributed by atoms with Gasteiger partial charge in [-0.1, -0.05) is 57.9 Å². The molecule has 0 amide bonds. The lowest BCUT2D eigenvalue weighted by atomic mass is 9.44. The highest BCUT2D eigenvalue weighted by Gasteiger charge is 2.64. The second-order valence-electron chi connectivity index (χ2n) is 12.9. The van der Waals surface area contributed by atoms with Crippen LogP contribution in [0.15, 0.2) is 23.3 Å². The van der Waals surface area contributed by atoms with Gasteiger partial charge in [0.15, 0.2) is 0 Å². The Hall–Kier alpha value is -0.680. The monoisotopic (exact) mass is 459 g/mol. The van der Waals surface area contributed by atoms with E-state index in [1.54, 1.807) is 0 Å². The lowest BCUT2D eigenvalue weighted by molar-refractivity contribution is -0.232. The summed E-state index contributed by atoms with van der Waals surface area (Å²) in [5.41, 5.74) is 10.8. The van der Waals surface area contributed by atoms with Gasteiger partial charge in [-0.15, -0.1) is 0 Å². The van der Waals surface area contributed by atoms with Crippen LogP contribution in [0, 0.1) is 40.4 Å². The number of hydrogen-bond donors (Lipinski definition) is 3. The van der Waals surface area contributed by atoms with Gasteiger partial charge >= 0.3 is 0 Å². The third kappa shape index (κ3) is 4.28. The Balaban J connectivity index is 1.51. The molecule has 0 spiro atoms. The average molecular weight is 460 g/mol. The minimum Gasteiger partial charge on any atom is -0.393 e. The van der Waals surface area contributed by atoms with E-state index in [1.165, 1.54) is 43.3 Å². The molecule has 4 rings (SSSR count). The van der Waals surface area contributed by atoms with E-state index in [4.69, 9.17) is 11.0 Å². The van der Waals surface area contributed by atoms with Crippen molar-refractivity contribution in [1.82, 2.24) is 0 Å². The van der Waals surface area contributed by atoms with Crippen molar-refractivity contribution in [3.05, 3.63) is 23.3 Å². The molecule has 8 atom stereocenters. The Kier molecular flexibility index (Phi) is 7.25. The number of fused-ring (bicyclic) bond motifs is 5. The van der Waals surface area contributed by atoms with Crippen LogP contribution in [-0.2, 0) is 4.89 Å². The van der Waals surface area contributed by atoms with Crippen LogP contribution in [0.2, 0.25) is 0 Å². The second-order valence-corrected chi connectivity index (χ2v) is 12.9. The molecule has 4 nitrogen and oxygen atoms in total. The molecule has 0 heterocycles. The first-order chi connectivity index (χ1) is 15.6. The van der Waals surface area contributed by atoms with Crippen molar-refractivity contribution in [2.24, 2.45) is 46.2 Å². The first-order valence-corrected chi connectivity index (χ1v) is 13.7. The summed E-state index contributed by atoms with van der Waals surface area (Å²) in [6.07, 6.45) is 15.6. The molecular formula is C29H49NO3. The average Bonchev–Trinajstić information content (AvgIpc) is 3.12. The highest BCUT2D eigenvalue weighted by Crippen LogP contribution is 2.68. The smallest absolute Gasteiger partial charge is 0.100 e. The Morgan fingerprint density at radius 1 is 1.15 bits per heavy atom. The molecule has 0 aromatic heterocycles. The summed E-state index contributed by atoms with van der Waals surface area (Å²) in [7, 11) is 0. The minimum atomic E-state index is -0.158. The molecule has 3 saturated carbocycles. The molecule has 188 valence electrons. The third-order valence-corrected chi connectivity index (χ3v) is 11.1. The van der Waals surface area contributed by atoms with E-state index < -0.39 is 0 Å². The van der Waals surface area contributed by atoms with E-state index in [0.29, 0.717) is 29.1 Å². The van der Waals surface area contributed by atoms with Crippen LogP contribution in [0.25, 0.3) is 0 Å². The quantitative estimate of drug-likeness (QED) is 0.231. The maximum Gasteiger partial charge on any atom is 0.100 e. The van der Waals surface area contributed by atoms with Gasteiger partial charge in [0.2, 0.25) is 0 Å². The van der Waals surface area contributed by atoms with E-state index in [2.05, 4.69) is 51.7 Å². The van der Waals surface area contributed by atoms with E-state index in [9.17, 15) is 5.11 Å². The zero-order chi connectivity index (χ0) is 24.0. The van der Waals surface area contributed by atoms with Crippen LogP contribution in [0.5, 0.6) is 0 Å². The molecule has 33 heavy (non-hydrogen) atoms. The van der Waals surface area contributed by atoms with Gasteiger partial charge in [0, 0.05) is 5.54 Å².